The van der Waals surface area contributed by atoms with E-state index < -0.39 is 5.54 Å². The maximum absolute atomic E-state index is 13.5. The second kappa shape index (κ2) is 7.83. The number of hydrogen-bond acceptors (Lipinski definition) is 4. The number of carbonyl (C=O) groups is 1. The Bertz CT molecular complexity index is 1180. The summed E-state index contributed by atoms with van der Waals surface area (Å²) in [6, 6.07) is 11.8. The molecule has 0 spiro atoms. The zero-order valence-electron chi connectivity index (χ0n) is 17.5. The monoisotopic (exact) mass is 439 g/mol. The summed E-state index contributed by atoms with van der Waals surface area (Å²) < 4.78 is 15.4. The average Bonchev–Trinajstić information content (AvgIpc) is 3.10. The van der Waals surface area contributed by atoms with Gasteiger partial charge in [-0.3, -0.25) is 9.36 Å². The normalized spacial score (nSPS) is 14.5. The van der Waals surface area contributed by atoms with Crippen LogP contribution in [0, 0.1) is 12.7 Å². The lowest BCUT2D eigenvalue weighted by molar-refractivity contribution is -0.132. The van der Waals surface area contributed by atoms with Gasteiger partial charge >= 0.3 is 0 Å². The molecule has 0 fully saturated rings. The summed E-state index contributed by atoms with van der Waals surface area (Å²) in [5.74, 6) is 0.800. The third-order valence-corrected chi connectivity index (χ3v) is 5.83. The van der Waals surface area contributed by atoms with E-state index >= 15 is 0 Å². The number of imidazole rings is 1. The van der Waals surface area contributed by atoms with Crippen LogP contribution in [0.2, 0.25) is 5.02 Å². The summed E-state index contributed by atoms with van der Waals surface area (Å²) in [7, 11) is 0. The quantitative estimate of drug-likeness (QED) is 0.608. The molecule has 0 saturated heterocycles. The van der Waals surface area contributed by atoms with E-state index in [2.05, 4.69) is 5.32 Å². The topological polar surface area (TPSA) is 76.2 Å². The molecule has 3 aromatic rings. The molecule has 0 unspecified atom stereocenters. The van der Waals surface area contributed by atoms with Crippen LogP contribution in [-0.2, 0) is 10.3 Å². The Morgan fingerprint density at radius 1 is 1.19 bits per heavy atom. The van der Waals surface area contributed by atoms with Gasteiger partial charge in [-0.2, -0.15) is 0 Å². The van der Waals surface area contributed by atoms with Gasteiger partial charge in [0.05, 0.1) is 6.54 Å². The molecule has 1 amide bonds. The van der Waals surface area contributed by atoms with E-state index in [1.54, 1.807) is 29.4 Å². The van der Waals surface area contributed by atoms with Crippen molar-refractivity contribution in [1.82, 2.24) is 14.5 Å². The van der Waals surface area contributed by atoms with E-state index in [1.807, 2.05) is 43.5 Å². The molecule has 2 aromatic carbocycles. The molecule has 2 heterocycles. The van der Waals surface area contributed by atoms with E-state index in [1.165, 1.54) is 12.1 Å². The van der Waals surface area contributed by atoms with E-state index in [4.69, 9.17) is 22.3 Å². The molecule has 1 aliphatic rings. The minimum absolute atomic E-state index is 0.105. The SMILES string of the molecule is Cc1ccc(Nc2c(-c3ccc(F)cc3)nc3n2C=CN(C(=O)CN)C3(C)C)cc1Cl. The smallest absolute Gasteiger partial charge is 0.241 e. The van der Waals surface area contributed by atoms with Gasteiger partial charge in [0.15, 0.2) is 0 Å². The van der Waals surface area contributed by atoms with E-state index in [-0.39, 0.29) is 18.3 Å². The molecular formula is C23H23ClFN5O. The van der Waals surface area contributed by atoms with Crippen LogP contribution in [0.1, 0.15) is 25.2 Å². The number of fused-ring (bicyclic) bond motifs is 1. The van der Waals surface area contributed by atoms with E-state index in [0.717, 1.165) is 16.8 Å². The first-order valence-corrected chi connectivity index (χ1v) is 10.2. The van der Waals surface area contributed by atoms with E-state index in [9.17, 15) is 9.18 Å². The van der Waals surface area contributed by atoms with Crippen LogP contribution < -0.4 is 11.1 Å². The highest BCUT2D eigenvalue weighted by molar-refractivity contribution is 6.31. The molecule has 0 atom stereocenters. The van der Waals surface area contributed by atoms with Crippen LogP contribution in [0.4, 0.5) is 15.9 Å². The molecule has 6 nitrogen and oxygen atoms in total. The summed E-state index contributed by atoms with van der Waals surface area (Å²) in [5.41, 5.74) is 7.98. The first-order valence-electron chi connectivity index (χ1n) is 9.84. The first-order chi connectivity index (χ1) is 14.7. The van der Waals surface area contributed by atoms with Gasteiger partial charge in [-0.1, -0.05) is 17.7 Å². The summed E-state index contributed by atoms with van der Waals surface area (Å²) >= 11 is 6.31. The van der Waals surface area contributed by atoms with Crippen LogP contribution >= 0.6 is 11.6 Å². The lowest BCUT2D eigenvalue weighted by atomic mass is 10.0. The third-order valence-electron chi connectivity index (χ3n) is 5.42. The fourth-order valence-corrected chi connectivity index (χ4v) is 3.85. The molecule has 1 aromatic heterocycles. The van der Waals surface area contributed by atoms with Gasteiger partial charge < -0.3 is 16.0 Å². The van der Waals surface area contributed by atoms with Crippen LogP contribution in [0.3, 0.4) is 0 Å². The van der Waals surface area contributed by atoms with Crippen molar-refractivity contribution in [3.8, 4) is 11.3 Å². The van der Waals surface area contributed by atoms with Crippen LogP contribution in [0.5, 0.6) is 0 Å². The number of aromatic nitrogens is 2. The molecule has 31 heavy (non-hydrogen) atoms. The fraction of sp³-hybridized carbons (Fsp3) is 0.217. The maximum Gasteiger partial charge on any atom is 0.241 e. The summed E-state index contributed by atoms with van der Waals surface area (Å²) in [6.45, 7) is 5.64. The average molecular weight is 440 g/mol. The number of halogens is 2. The second-order valence-corrected chi connectivity index (χ2v) is 8.33. The number of amides is 1. The Morgan fingerprint density at radius 2 is 1.90 bits per heavy atom. The van der Waals surface area contributed by atoms with Crippen molar-refractivity contribution in [2.45, 2.75) is 26.3 Å². The standard InChI is InChI=1S/C23H23ClFN5O/c1-14-4-9-17(12-18(14)24)27-21-20(15-5-7-16(25)8-6-15)28-22-23(2,3)30(19(31)13-26)11-10-29(21)22/h4-12,27H,13,26H2,1-3H3. The molecule has 1 aliphatic heterocycles. The third kappa shape index (κ3) is 3.71. The van der Waals surface area contributed by atoms with Crippen molar-refractivity contribution in [3.05, 3.63) is 70.9 Å². The zero-order chi connectivity index (χ0) is 22.3. The number of benzene rings is 2. The molecule has 4 rings (SSSR count). The summed E-state index contributed by atoms with van der Waals surface area (Å²) in [5, 5.41) is 4.04. The highest BCUT2D eigenvalue weighted by atomic mass is 35.5. The highest BCUT2D eigenvalue weighted by Gasteiger charge is 2.39. The van der Waals surface area contributed by atoms with Crippen molar-refractivity contribution in [2.75, 3.05) is 11.9 Å². The number of nitrogens with two attached hydrogens (primary N) is 1. The van der Waals surface area contributed by atoms with Gasteiger partial charge in [-0.05, 0) is 62.7 Å². The molecule has 0 aliphatic carbocycles. The lowest BCUT2D eigenvalue weighted by Gasteiger charge is -2.38. The predicted octanol–water partition coefficient (Wildman–Crippen LogP) is 4.86. The Balaban J connectivity index is 1.88. The number of aryl methyl sites for hydroxylation is 1. The Hall–Kier alpha value is -3.16. The maximum atomic E-state index is 13.5. The van der Waals surface area contributed by atoms with Crippen molar-refractivity contribution in [3.63, 3.8) is 0 Å². The summed E-state index contributed by atoms with van der Waals surface area (Å²) in [4.78, 5) is 18.8. The largest absolute Gasteiger partial charge is 0.339 e. The number of anilines is 2. The fourth-order valence-electron chi connectivity index (χ4n) is 3.67. The molecular weight excluding hydrogens is 417 g/mol. The van der Waals surface area contributed by atoms with Gasteiger partial charge in [0.1, 0.15) is 28.7 Å². The molecule has 8 heteroatoms. The number of nitrogens with zero attached hydrogens (tertiary/aromatic N) is 3. The minimum atomic E-state index is -0.745. The number of nitrogens with one attached hydrogen (secondary N) is 1. The number of rotatable bonds is 4. The molecule has 160 valence electrons. The predicted molar refractivity (Wildman–Crippen MR) is 121 cm³/mol. The second-order valence-electron chi connectivity index (χ2n) is 7.92. The van der Waals surface area contributed by atoms with Crippen molar-refractivity contribution in [1.29, 1.82) is 0 Å². The van der Waals surface area contributed by atoms with Crippen molar-refractivity contribution < 1.29 is 9.18 Å². The highest BCUT2D eigenvalue weighted by Crippen LogP contribution is 2.40. The lowest BCUT2D eigenvalue weighted by Crippen LogP contribution is -2.47. The van der Waals surface area contributed by atoms with Gasteiger partial charge in [-0.25, -0.2) is 9.37 Å². The minimum Gasteiger partial charge on any atom is -0.339 e. The van der Waals surface area contributed by atoms with Crippen LogP contribution in [0.25, 0.3) is 17.5 Å². The van der Waals surface area contributed by atoms with Crippen molar-refractivity contribution in [2.24, 2.45) is 5.73 Å². The summed E-state index contributed by atoms with van der Waals surface area (Å²) in [6.07, 6.45) is 3.47. The van der Waals surface area contributed by atoms with Crippen molar-refractivity contribution >= 4 is 35.2 Å². The van der Waals surface area contributed by atoms with Gasteiger partial charge in [-0.15, -0.1) is 0 Å². The molecule has 0 radical (unpaired) electrons. The molecule has 0 bridgehead atoms. The Kier molecular flexibility index (Phi) is 5.33. The van der Waals surface area contributed by atoms with Gasteiger partial charge in [0, 0.05) is 28.7 Å². The molecule has 0 saturated carbocycles. The number of carbonyl (C=O) groups excluding carboxylic acids is 1. The van der Waals surface area contributed by atoms with Gasteiger partial charge in [0.2, 0.25) is 5.91 Å². The van der Waals surface area contributed by atoms with E-state index in [0.29, 0.717) is 22.4 Å². The van der Waals surface area contributed by atoms with Gasteiger partial charge in [0.25, 0.3) is 0 Å². The first kappa shape index (κ1) is 21.1. The Labute approximate surface area is 185 Å². The zero-order valence-corrected chi connectivity index (χ0v) is 18.2. The van der Waals surface area contributed by atoms with Crippen LogP contribution in [-0.4, -0.2) is 26.9 Å². The Morgan fingerprint density at radius 3 is 2.55 bits per heavy atom. The number of hydrogen-bond donors (Lipinski definition) is 2. The molecule has 3 N–H and O–H groups in total. The van der Waals surface area contributed by atoms with Crippen LogP contribution in [0.15, 0.2) is 48.7 Å².